The third-order valence-electron chi connectivity index (χ3n) is 3.65. The zero-order valence-electron chi connectivity index (χ0n) is 13.5. The van der Waals surface area contributed by atoms with E-state index in [2.05, 4.69) is 15.4 Å². The van der Waals surface area contributed by atoms with Crippen molar-refractivity contribution in [2.75, 3.05) is 6.54 Å². The molecule has 0 aliphatic heterocycles. The summed E-state index contributed by atoms with van der Waals surface area (Å²) in [7, 11) is 1.62. The van der Waals surface area contributed by atoms with E-state index in [-0.39, 0.29) is 24.7 Å². The van der Waals surface area contributed by atoms with Crippen LogP contribution in [0.2, 0.25) is 0 Å². The number of aromatic nitrogens is 4. The molecule has 0 fully saturated rings. The topological polar surface area (TPSA) is 81.8 Å². The molecule has 0 bridgehead atoms. The van der Waals surface area contributed by atoms with Crippen LogP contribution in [0.1, 0.15) is 10.4 Å². The van der Waals surface area contributed by atoms with E-state index in [9.17, 15) is 14.0 Å². The number of amides is 1. The second-order valence-electron chi connectivity index (χ2n) is 5.37. The van der Waals surface area contributed by atoms with Crippen molar-refractivity contribution in [3.05, 3.63) is 70.5 Å². The Morgan fingerprint density at radius 1 is 1.20 bits per heavy atom. The van der Waals surface area contributed by atoms with Gasteiger partial charge in [0, 0.05) is 25.4 Å². The fraction of sp³-hybridized carbons (Fsp3) is 0.176. The maximum atomic E-state index is 12.9. The summed E-state index contributed by atoms with van der Waals surface area (Å²) in [6, 6.07) is 10.6. The maximum absolute atomic E-state index is 12.9. The number of halogens is 1. The molecule has 0 spiro atoms. The molecular formula is C17H16FN5O2. The highest BCUT2D eigenvalue weighted by molar-refractivity contribution is 5.94. The molecule has 0 unspecified atom stereocenters. The summed E-state index contributed by atoms with van der Waals surface area (Å²) in [5.74, 6) is -0.289. The molecule has 0 atom stereocenters. The molecule has 2 aromatic heterocycles. The summed E-state index contributed by atoms with van der Waals surface area (Å²) in [5, 5.41) is 6.94. The zero-order chi connectivity index (χ0) is 17.8. The van der Waals surface area contributed by atoms with Gasteiger partial charge in [-0.15, -0.1) is 5.10 Å². The van der Waals surface area contributed by atoms with E-state index < -0.39 is 5.82 Å². The molecule has 0 aliphatic rings. The number of carbonyl (C=O) groups excluding carboxylic acids is 1. The van der Waals surface area contributed by atoms with Gasteiger partial charge in [-0.1, -0.05) is 6.07 Å². The Hall–Kier alpha value is -3.29. The average molecular weight is 341 g/mol. The van der Waals surface area contributed by atoms with E-state index >= 15 is 0 Å². The third-order valence-corrected chi connectivity index (χ3v) is 3.65. The highest BCUT2D eigenvalue weighted by Crippen LogP contribution is 2.10. The number of pyridine rings is 1. The Morgan fingerprint density at radius 3 is 2.64 bits per heavy atom. The van der Waals surface area contributed by atoms with E-state index in [1.54, 1.807) is 25.4 Å². The molecule has 3 aromatic rings. The Morgan fingerprint density at radius 2 is 1.96 bits per heavy atom. The first-order chi connectivity index (χ1) is 12.1. The van der Waals surface area contributed by atoms with Crippen LogP contribution >= 0.6 is 0 Å². The lowest BCUT2D eigenvalue weighted by Crippen LogP contribution is -2.31. The molecular weight excluding hydrogens is 325 g/mol. The predicted molar refractivity (Wildman–Crippen MR) is 89.4 cm³/mol. The van der Waals surface area contributed by atoms with E-state index in [0.717, 1.165) is 0 Å². The second-order valence-corrected chi connectivity index (χ2v) is 5.37. The van der Waals surface area contributed by atoms with Crippen LogP contribution in [-0.2, 0) is 13.6 Å². The van der Waals surface area contributed by atoms with E-state index in [1.807, 2.05) is 6.07 Å². The molecule has 25 heavy (non-hydrogen) atoms. The summed E-state index contributed by atoms with van der Waals surface area (Å²) in [4.78, 5) is 28.4. The van der Waals surface area contributed by atoms with Gasteiger partial charge in [0.1, 0.15) is 11.5 Å². The largest absolute Gasteiger partial charge is 0.350 e. The number of carbonyl (C=O) groups is 1. The molecule has 8 heteroatoms. The molecule has 0 saturated heterocycles. The van der Waals surface area contributed by atoms with Crippen molar-refractivity contribution in [3.8, 4) is 11.5 Å². The standard InChI is InChI=1S/C17H16FN5O2/c1-22-15(14-4-2-3-9-19-14)21-23(17(22)25)11-10-20-16(24)12-5-7-13(18)8-6-12/h2-9H,10-11H2,1H3,(H,20,24). The van der Waals surface area contributed by atoms with Crippen LogP contribution in [0, 0.1) is 5.82 Å². The van der Waals surface area contributed by atoms with Gasteiger partial charge in [-0.2, -0.15) is 0 Å². The van der Waals surface area contributed by atoms with Gasteiger partial charge < -0.3 is 5.32 Å². The van der Waals surface area contributed by atoms with Crippen LogP contribution in [0.3, 0.4) is 0 Å². The molecule has 0 radical (unpaired) electrons. The minimum Gasteiger partial charge on any atom is -0.350 e. The Balaban J connectivity index is 1.67. The molecule has 1 amide bonds. The summed E-state index contributed by atoms with van der Waals surface area (Å²) in [6.45, 7) is 0.432. The lowest BCUT2D eigenvalue weighted by molar-refractivity contribution is 0.0951. The van der Waals surface area contributed by atoms with Crippen molar-refractivity contribution < 1.29 is 9.18 Å². The number of nitrogens with zero attached hydrogens (tertiary/aromatic N) is 4. The van der Waals surface area contributed by atoms with Gasteiger partial charge in [-0.3, -0.25) is 14.3 Å². The van der Waals surface area contributed by atoms with Gasteiger partial charge in [-0.05, 0) is 36.4 Å². The SMILES string of the molecule is Cn1c(-c2ccccn2)nn(CCNC(=O)c2ccc(F)cc2)c1=O. The number of hydrogen-bond donors (Lipinski definition) is 1. The number of rotatable bonds is 5. The molecule has 128 valence electrons. The summed E-state index contributed by atoms with van der Waals surface area (Å²) >= 11 is 0. The van der Waals surface area contributed by atoms with E-state index in [4.69, 9.17) is 0 Å². The quantitative estimate of drug-likeness (QED) is 0.756. The van der Waals surface area contributed by atoms with Crippen LogP contribution in [0.4, 0.5) is 4.39 Å². The van der Waals surface area contributed by atoms with Crippen LogP contribution in [0.15, 0.2) is 53.5 Å². The molecule has 3 rings (SSSR count). The average Bonchev–Trinajstić information content (AvgIpc) is 2.91. The van der Waals surface area contributed by atoms with Gasteiger partial charge in [0.2, 0.25) is 0 Å². The minimum atomic E-state index is -0.404. The van der Waals surface area contributed by atoms with Crippen molar-refractivity contribution in [1.82, 2.24) is 24.6 Å². The van der Waals surface area contributed by atoms with Gasteiger partial charge in [0.25, 0.3) is 5.91 Å². The number of nitrogens with one attached hydrogen (secondary N) is 1. The van der Waals surface area contributed by atoms with Gasteiger partial charge in [0.05, 0.1) is 6.54 Å². The Kier molecular flexibility index (Phi) is 4.69. The van der Waals surface area contributed by atoms with Gasteiger partial charge in [-0.25, -0.2) is 13.9 Å². The highest BCUT2D eigenvalue weighted by atomic mass is 19.1. The fourth-order valence-electron chi connectivity index (χ4n) is 2.33. The second kappa shape index (κ2) is 7.08. The number of benzene rings is 1. The molecule has 0 saturated carbocycles. The van der Waals surface area contributed by atoms with Crippen LogP contribution < -0.4 is 11.0 Å². The monoisotopic (exact) mass is 341 g/mol. The number of hydrogen-bond acceptors (Lipinski definition) is 4. The van der Waals surface area contributed by atoms with E-state index in [0.29, 0.717) is 17.1 Å². The maximum Gasteiger partial charge on any atom is 0.346 e. The fourth-order valence-corrected chi connectivity index (χ4v) is 2.33. The zero-order valence-corrected chi connectivity index (χ0v) is 13.5. The van der Waals surface area contributed by atoms with Gasteiger partial charge >= 0.3 is 5.69 Å². The Bertz CT molecular complexity index is 932. The molecule has 1 aromatic carbocycles. The first-order valence-corrected chi connectivity index (χ1v) is 7.65. The predicted octanol–water partition coefficient (Wildman–Crippen LogP) is 1.21. The van der Waals surface area contributed by atoms with Crippen molar-refractivity contribution in [2.24, 2.45) is 7.05 Å². The van der Waals surface area contributed by atoms with Crippen LogP contribution in [0.5, 0.6) is 0 Å². The van der Waals surface area contributed by atoms with Crippen molar-refractivity contribution in [1.29, 1.82) is 0 Å². The normalized spacial score (nSPS) is 10.6. The first kappa shape index (κ1) is 16.6. The lowest BCUT2D eigenvalue weighted by Gasteiger charge is -2.04. The third kappa shape index (κ3) is 3.63. The summed E-state index contributed by atoms with van der Waals surface area (Å²) in [6.07, 6.45) is 1.63. The van der Waals surface area contributed by atoms with Crippen molar-refractivity contribution in [2.45, 2.75) is 6.54 Å². The van der Waals surface area contributed by atoms with Crippen molar-refractivity contribution in [3.63, 3.8) is 0 Å². The summed E-state index contributed by atoms with van der Waals surface area (Å²) in [5.41, 5.74) is 0.650. The highest BCUT2D eigenvalue weighted by Gasteiger charge is 2.13. The molecule has 7 nitrogen and oxygen atoms in total. The summed E-state index contributed by atoms with van der Waals surface area (Å²) < 4.78 is 15.5. The van der Waals surface area contributed by atoms with Crippen LogP contribution in [0.25, 0.3) is 11.5 Å². The molecule has 1 N–H and O–H groups in total. The first-order valence-electron chi connectivity index (χ1n) is 7.65. The van der Waals surface area contributed by atoms with E-state index in [1.165, 1.54) is 33.5 Å². The smallest absolute Gasteiger partial charge is 0.346 e. The minimum absolute atomic E-state index is 0.215. The lowest BCUT2D eigenvalue weighted by atomic mass is 10.2. The van der Waals surface area contributed by atoms with Crippen molar-refractivity contribution >= 4 is 5.91 Å². The Labute approximate surface area is 142 Å². The molecule has 2 heterocycles. The van der Waals surface area contributed by atoms with Crippen LogP contribution in [-0.4, -0.2) is 31.8 Å². The van der Waals surface area contributed by atoms with Gasteiger partial charge in [0.15, 0.2) is 5.82 Å². The molecule has 0 aliphatic carbocycles.